The average molecular weight is 692 g/mol. The molecule has 2 rings (SSSR count). The molecule has 274 valence electrons. The van der Waals surface area contributed by atoms with Gasteiger partial charge >= 0.3 is 6.03 Å². The fraction of sp³-hybridized carbons (Fsp3) is 0.757. The highest BCUT2D eigenvalue weighted by Crippen LogP contribution is 2.35. The lowest BCUT2D eigenvalue weighted by atomic mass is 9.83. The Morgan fingerprint density at radius 2 is 1.65 bits per heavy atom. The molecule has 11 heteroatoms. The maximum Gasteiger partial charge on any atom is 0.315 e. The average Bonchev–Trinajstić information content (AvgIpc) is 3.41. The third kappa shape index (κ3) is 18.0. The molecule has 5 amide bonds. The monoisotopic (exact) mass is 691 g/mol. The third-order valence-corrected chi connectivity index (χ3v) is 9.06. The van der Waals surface area contributed by atoms with E-state index in [1.54, 1.807) is 0 Å². The second-order valence-electron chi connectivity index (χ2n) is 14.5. The Kier molecular flexibility index (Phi) is 21.9. The summed E-state index contributed by atoms with van der Waals surface area (Å²) in [4.78, 5) is 65.8. The van der Waals surface area contributed by atoms with Crippen molar-refractivity contribution in [1.29, 1.82) is 0 Å². The van der Waals surface area contributed by atoms with Gasteiger partial charge in [0.05, 0.1) is 18.1 Å². The van der Waals surface area contributed by atoms with Crippen LogP contribution in [0.5, 0.6) is 0 Å². The summed E-state index contributed by atoms with van der Waals surface area (Å²) in [5.74, 6) is 1.32. The highest BCUT2D eigenvalue weighted by atomic mass is 32.2. The van der Waals surface area contributed by atoms with E-state index in [-0.39, 0.29) is 48.0 Å². The first-order chi connectivity index (χ1) is 22.5. The van der Waals surface area contributed by atoms with Crippen LogP contribution in [0.2, 0.25) is 0 Å². The Hall–Kier alpha value is -3.00. The zero-order valence-corrected chi connectivity index (χ0v) is 32.1. The summed E-state index contributed by atoms with van der Waals surface area (Å²) in [7, 11) is 0. The van der Waals surface area contributed by atoms with Gasteiger partial charge in [0.2, 0.25) is 17.6 Å². The van der Waals surface area contributed by atoms with Gasteiger partial charge in [-0.15, -0.1) is 18.9 Å². The number of likely N-dealkylation sites (tertiary alicyclic amines) is 1. The van der Waals surface area contributed by atoms with E-state index in [0.29, 0.717) is 13.0 Å². The molecule has 4 N–H and O–H groups in total. The van der Waals surface area contributed by atoms with E-state index < -0.39 is 35.7 Å². The van der Waals surface area contributed by atoms with Crippen LogP contribution in [0.3, 0.4) is 0 Å². The van der Waals surface area contributed by atoms with E-state index in [1.807, 2.05) is 18.7 Å². The van der Waals surface area contributed by atoms with Crippen molar-refractivity contribution in [3.8, 4) is 12.3 Å². The molecule has 1 aliphatic heterocycles. The zero-order valence-electron chi connectivity index (χ0n) is 31.3. The molecule has 1 saturated heterocycles. The van der Waals surface area contributed by atoms with Crippen molar-refractivity contribution in [2.24, 2.45) is 11.8 Å². The molecule has 1 saturated carbocycles. The van der Waals surface area contributed by atoms with Crippen LogP contribution >= 0.6 is 11.8 Å². The SMILES string of the molecule is C#CCCC(NC(=O)C1C(C)CCN1C(=O)CNC(=O)NC1(CSC(C)(C)C)CCCCC1)C(=O)C(=O)NCC=C.CC(C)C.CCC. The number of urea groups is 1. The summed E-state index contributed by atoms with van der Waals surface area (Å²) in [5, 5.41) is 10.9. The molecule has 0 aromatic carbocycles. The number of hydrogen-bond acceptors (Lipinski definition) is 6. The van der Waals surface area contributed by atoms with Crippen LogP contribution in [0.15, 0.2) is 12.7 Å². The number of amides is 5. The van der Waals surface area contributed by atoms with Gasteiger partial charge in [0.1, 0.15) is 6.04 Å². The molecular formula is C37H65N5O5S. The smallest absolute Gasteiger partial charge is 0.315 e. The standard InChI is InChI=1S/C30H47N5O5S.C4H10.C3H8/c1-7-9-13-22(25(37)27(39)31-17-8-2)33-26(38)24-21(3)14-18-35(24)23(36)19-32-28(40)34-30(15-11-10-12-16-30)20-41-29(4,5)6;1-4(2)3;1-3-2/h1,8,21-22,24H,2,9-20H2,3-6H3,(H,31,39)(H,33,38)(H2,32,34,40);4H,1-3H3;3H2,1-2H3. The minimum Gasteiger partial charge on any atom is -0.346 e. The molecule has 0 radical (unpaired) electrons. The number of nitrogens with one attached hydrogen (secondary N) is 4. The van der Waals surface area contributed by atoms with Gasteiger partial charge in [-0.25, -0.2) is 4.79 Å². The van der Waals surface area contributed by atoms with E-state index >= 15 is 0 Å². The number of thioether (sulfide) groups is 1. The van der Waals surface area contributed by atoms with Crippen molar-refractivity contribution in [2.45, 2.75) is 142 Å². The number of carbonyl (C=O) groups excluding carboxylic acids is 5. The highest BCUT2D eigenvalue weighted by Gasteiger charge is 2.41. The second kappa shape index (κ2) is 23.4. The first kappa shape index (κ1) is 45.0. The summed E-state index contributed by atoms with van der Waals surface area (Å²) in [5.41, 5.74) is -0.314. The first-order valence-electron chi connectivity index (χ1n) is 17.6. The van der Waals surface area contributed by atoms with E-state index in [4.69, 9.17) is 6.42 Å². The van der Waals surface area contributed by atoms with Crippen LogP contribution in [0.1, 0.15) is 120 Å². The van der Waals surface area contributed by atoms with E-state index in [0.717, 1.165) is 43.8 Å². The van der Waals surface area contributed by atoms with Crippen molar-refractivity contribution in [3.05, 3.63) is 12.7 Å². The minimum atomic E-state index is -1.12. The predicted octanol–water partition coefficient (Wildman–Crippen LogP) is 5.61. The number of Topliss-reactive ketones (excluding diaryl/α,β-unsaturated/α-hetero) is 1. The van der Waals surface area contributed by atoms with Crippen molar-refractivity contribution < 1.29 is 24.0 Å². The van der Waals surface area contributed by atoms with Gasteiger partial charge in [-0.3, -0.25) is 19.2 Å². The van der Waals surface area contributed by atoms with Gasteiger partial charge in [0.25, 0.3) is 5.91 Å². The van der Waals surface area contributed by atoms with Gasteiger partial charge in [-0.05, 0) is 37.5 Å². The van der Waals surface area contributed by atoms with Gasteiger partial charge in [-0.2, -0.15) is 11.8 Å². The van der Waals surface area contributed by atoms with Crippen LogP contribution in [-0.4, -0.2) is 82.2 Å². The van der Waals surface area contributed by atoms with Gasteiger partial charge in [0, 0.05) is 30.0 Å². The summed E-state index contributed by atoms with van der Waals surface area (Å²) in [6, 6.07) is -2.35. The molecular weight excluding hydrogens is 627 g/mol. The Labute approximate surface area is 295 Å². The molecule has 0 aromatic rings. The Morgan fingerprint density at radius 1 is 1.06 bits per heavy atom. The molecule has 0 bridgehead atoms. The van der Waals surface area contributed by atoms with Gasteiger partial charge < -0.3 is 26.2 Å². The maximum atomic E-state index is 13.3. The fourth-order valence-corrected chi connectivity index (χ4v) is 6.29. The Morgan fingerprint density at radius 3 is 2.17 bits per heavy atom. The summed E-state index contributed by atoms with van der Waals surface area (Å²) < 4.78 is 0.0699. The molecule has 1 aliphatic carbocycles. The summed E-state index contributed by atoms with van der Waals surface area (Å²) in [6.45, 7) is 22.8. The lowest BCUT2D eigenvalue weighted by Gasteiger charge is -2.39. The number of terminal acetylenes is 1. The second-order valence-corrected chi connectivity index (χ2v) is 16.3. The fourth-order valence-electron chi connectivity index (χ4n) is 5.22. The van der Waals surface area contributed by atoms with E-state index in [2.05, 4.69) is 89.2 Å². The normalized spacial score (nSPS) is 18.8. The lowest BCUT2D eigenvalue weighted by Crippen LogP contribution is -2.57. The van der Waals surface area contributed by atoms with Crippen LogP contribution in [0, 0.1) is 24.2 Å². The van der Waals surface area contributed by atoms with Gasteiger partial charge in [0.15, 0.2) is 0 Å². The number of rotatable bonds is 13. The zero-order chi connectivity index (χ0) is 36.9. The van der Waals surface area contributed by atoms with Crippen molar-refractivity contribution in [2.75, 3.05) is 25.4 Å². The quantitative estimate of drug-likeness (QED) is 0.113. The number of carbonyl (C=O) groups is 5. The molecule has 10 nitrogen and oxygen atoms in total. The molecule has 48 heavy (non-hydrogen) atoms. The topological polar surface area (TPSA) is 137 Å². The van der Waals surface area contributed by atoms with Crippen LogP contribution in [-0.2, 0) is 19.2 Å². The summed E-state index contributed by atoms with van der Waals surface area (Å²) in [6.07, 6.45) is 13.9. The van der Waals surface area contributed by atoms with Crippen molar-refractivity contribution in [3.63, 3.8) is 0 Å². The maximum absolute atomic E-state index is 13.3. The Bertz CT molecular complexity index is 1070. The summed E-state index contributed by atoms with van der Waals surface area (Å²) >= 11 is 1.82. The molecule has 3 unspecified atom stereocenters. The lowest BCUT2D eigenvalue weighted by molar-refractivity contribution is -0.142. The molecule has 2 aliphatic rings. The largest absolute Gasteiger partial charge is 0.346 e. The number of ketones is 1. The minimum absolute atomic E-state index is 0.0699. The highest BCUT2D eigenvalue weighted by molar-refractivity contribution is 8.00. The van der Waals surface area contributed by atoms with Crippen molar-refractivity contribution in [1.82, 2.24) is 26.2 Å². The van der Waals surface area contributed by atoms with E-state index in [1.165, 1.54) is 17.4 Å². The molecule has 1 heterocycles. The molecule has 3 atom stereocenters. The number of nitrogens with zero attached hydrogens (tertiary/aromatic N) is 1. The molecule has 0 aromatic heterocycles. The van der Waals surface area contributed by atoms with E-state index in [9.17, 15) is 24.0 Å². The molecule has 2 fully saturated rings. The Balaban J connectivity index is 0.00000287. The van der Waals surface area contributed by atoms with Crippen LogP contribution < -0.4 is 21.3 Å². The van der Waals surface area contributed by atoms with Crippen LogP contribution in [0.4, 0.5) is 4.79 Å². The third-order valence-electron chi connectivity index (χ3n) is 7.50. The first-order valence-corrected chi connectivity index (χ1v) is 18.6. The van der Waals surface area contributed by atoms with Crippen molar-refractivity contribution >= 4 is 41.3 Å². The number of hydrogen-bond donors (Lipinski definition) is 4. The molecule has 0 spiro atoms. The van der Waals surface area contributed by atoms with Gasteiger partial charge in [-0.1, -0.05) is 94.1 Å². The van der Waals surface area contributed by atoms with Crippen LogP contribution in [0.25, 0.3) is 0 Å². The predicted molar refractivity (Wildman–Crippen MR) is 199 cm³/mol.